The Balaban J connectivity index is 0.00000184. The summed E-state index contributed by atoms with van der Waals surface area (Å²) >= 11 is -0.834. The van der Waals surface area contributed by atoms with Gasteiger partial charge in [-0.05, 0) is 0 Å². The first-order valence-electron chi connectivity index (χ1n) is 14.8. The maximum absolute atomic E-state index is 2.63. The first-order chi connectivity index (χ1) is 20.3. The summed E-state index contributed by atoms with van der Waals surface area (Å²) < 4.78 is 1.80. The van der Waals surface area contributed by atoms with Crippen molar-refractivity contribution in [3.63, 3.8) is 0 Å². The summed E-state index contributed by atoms with van der Waals surface area (Å²) in [7, 11) is -0.787. The molecule has 0 nitrogen and oxygen atoms in total. The van der Waals surface area contributed by atoms with E-state index in [9.17, 15) is 0 Å². The summed E-state index contributed by atoms with van der Waals surface area (Å²) in [4.78, 5) is 0. The Morgan fingerprint density at radius 2 is 1.30 bits per heavy atom. The average molecular weight is 708 g/mol. The molecule has 7 rings (SSSR count). The first-order valence-corrected chi connectivity index (χ1v) is 23.3. The second-order valence-corrected chi connectivity index (χ2v) is 24.6. The third-order valence-electron chi connectivity index (χ3n) is 8.65. The van der Waals surface area contributed by atoms with E-state index in [-0.39, 0.29) is 24.8 Å². The van der Waals surface area contributed by atoms with Crippen LogP contribution < -0.4 is 35.2 Å². The Morgan fingerprint density at radius 3 is 2.02 bits per heavy atom. The van der Waals surface area contributed by atoms with E-state index in [1.165, 1.54) is 41.2 Å². The Labute approximate surface area is 281 Å². The fourth-order valence-corrected chi connectivity index (χ4v) is 26.7. The molecule has 2 aliphatic rings. The van der Waals surface area contributed by atoms with Crippen molar-refractivity contribution in [3.05, 3.63) is 152 Å². The molecule has 0 heterocycles. The number of fused-ring (bicyclic) bond motifs is 4. The van der Waals surface area contributed by atoms with Gasteiger partial charge < -0.3 is 24.8 Å². The molecule has 5 aromatic carbocycles. The molecule has 0 spiro atoms. The second-order valence-electron chi connectivity index (χ2n) is 11.2. The molecule has 2 atom stereocenters. The van der Waals surface area contributed by atoms with Crippen LogP contribution in [0.2, 0.25) is 0 Å². The molecule has 0 bridgehead atoms. The molecular weight excluding hydrogens is 675 g/mol. The van der Waals surface area contributed by atoms with Gasteiger partial charge in [0.2, 0.25) is 0 Å². The smallest absolute Gasteiger partial charge is 1.00 e. The molecule has 5 aromatic rings. The normalized spacial score (nSPS) is 16.0. The molecule has 2 unspecified atom stereocenters. The summed E-state index contributed by atoms with van der Waals surface area (Å²) in [5.41, 5.74) is 7.73. The second kappa shape index (κ2) is 14.7. The van der Waals surface area contributed by atoms with Gasteiger partial charge in [-0.2, -0.15) is 0 Å². The van der Waals surface area contributed by atoms with Gasteiger partial charge in [-0.15, -0.1) is 0 Å². The number of halogens is 2. The van der Waals surface area contributed by atoms with E-state index in [1.54, 1.807) is 30.4 Å². The van der Waals surface area contributed by atoms with Gasteiger partial charge in [0.1, 0.15) is 0 Å². The van der Waals surface area contributed by atoms with Gasteiger partial charge in [0.25, 0.3) is 0 Å². The number of rotatable bonds is 7. The largest absolute Gasteiger partial charge is 1.00 e. The molecule has 0 radical (unpaired) electrons. The van der Waals surface area contributed by atoms with E-state index in [0.717, 1.165) is 5.25 Å². The van der Waals surface area contributed by atoms with Crippen molar-refractivity contribution >= 4 is 46.4 Å². The topological polar surface area (TPSA) is 0 Å². The minimum Gasteiger partial charge on any atom is -1.00 e. The van der Waals surface area contributed by atoms with Crippen LogP contribution >= 0.6 is 0 Å². The molecule has 0 saturated carbocycles. The van der Waals surface area contributed by atoms with Gasteiger partial charge >= 0.3 is 259 Å². The quantitative estimate of drug-likeness (QED) is 0.228. The predicted octanol–water partition coefficient (Wildman–Crippen LogP) is 2.16. The minimum absolute atomic E-state index is 0. The van der Waals surface area contributed by atoms with E-state index >= 15 is 0 Å². The van der Waals surface area contributed by atoms with Crippen LogP contribution in [-0.2, 0) is 21.9 Å². The fraction of sp³-hybridized carbons (Fsp3) is 0.158. The van der Waals surface area contributed by atoms with E-state index in [1.807, 2.05) is 0 Å². The zero-order valence-corrected chi connectivity index (χ0v) is 30.2. The maximum Gasteiger partial charge on any atom is -1.00 e. The SMILES string of the molecule is CCCCC1=Cc2c(ccc3ccccc23)C1C1[C]([Zr+2]=[Si]=[Si](c2ccccc2)c2ccccc2)=Cc2ccccc21.[Cl-].[Cl-]. The zero-order chi connectivity index (χ0) is 27.6. The molecule has 5 heteroatoms. The van der Waals surface area contributed by atoms with Gasteiger partial charge in [-0.25, -0.2) is 0 Å². The molecule has 0 saturated heterocycles. The van der Waals surface area contributed by atoms with Crippen LogP contribution in [-0.4, -0.2) is 13.1 Å². The number of allylic oxidation sites excluding steroid dienone is 2. The van der Waals surface area contributed by atoms with E-state index < -0.39 is 29.7 Å². The van der Waals surface area contributed by atoms with Crippen LogP contribution in [0.4, 0.5) is 0 Å². The number of benzene rings is 5. The van der Waals surface area contributed by atoms with Crippen molar-refractivity contribution in [3.8, 4) is 0 Å². The predicted molar refractivity (Wildman–Crippen MR) is 175 cm³/mol. The van der Waals surface area contributed by atoms with Gasteiger partial charge in [0.15, 0.2) is 0 Å². The van der Waals surface area contributed by atoms with Crippen LogP contribution in [0.25, 0.3) is 22.9 Å². The molecule has 43 heavy (non-hydrogen) atoms. The molecule has 0 aliphatic heterocycles. The molecule has 0 N–H and O–H groups in total. The van der Waals surface area contributed by atoms with Gasteiger partial charge in [0, 0.05) is 0 Å². The third-order valence-corrected chi connectivity index (χ3v) is 25.5. The summed E-state index contributed by atoms with van der Waals surface area (Å²) in [6, 6.07) is 45.9. The Kier molecular flexibility index (Phi) is 11.0. The van der Waals surface area contributed by atoms with Crippen molar-refractivity contribution in [1.29, 1.82) is 0 Å². The van der Waals surface area contributed by atoms with Crippen LogP contribution in [0.5, 0.6) is 0 Å². The van der Waals surface area contributed by atoms with Crippen molar-refractivity contribution in [2.75, 3.05) is 0 Å². The first kappa shape index (κ1) is 32.1. The van der Waals surface area contributed by atoms with Crippen LogP contribution in [0.15, 0.2) is 130 Å². The number of hydrogen-bond donors (Lipinski definition) is 0. The Morgan fingerprint density at radius 1 is 0.651 bits per heavy atom. The minimum atomic E-state index is -0.834. The summed E-state index contributed by atoms with van der Waals surface area (Å²) in [5.74, 6) is 0.955. The molecule has 211 valence electrons. The van der Waals surface area contributed by atoms with Crippen molar-refractivity contribution in [2.24, 2.45) is 0 Å². The maximum atomic E-state index is 2.63. The van der Waals surface area contributed by atoms with E-state index in [4.69, 9.17) is 0 Å². The van der Waals surface area contributed by atoms with E-state index in [2.05, 4.69) is 140 Å². The average Bonchev–Trinajstić information content (AvgIpc) is 3.58. The van der Waals surface area contributed by atoms with Crippen LogP contribution in [0, 0.1) is 0 Å². The summed E-state index contributed by atoms with van der Waals surface area (Å²) in [6.45, 7) is 2.33. The fourth-order valence-electron chi connectivity index (χ4n) is 6.70. The molecule has 2 aliphatic carbocycles. The van der Waals surface area contributed by atoms with E-state index in [0.29, 0.717) is 11.8 Å². The monoisotopic (exact) mass is 705 g/mol. The standard InChI is InChI=1S/C26H23.C12H10Si2.2ClH.Zr/c1-2-3-8-20-17-25-22-12-7-5-10-19(22)14-16-24(25)26(20)23-15-13-18-9-4-6-11-21(18)23;13-14(11-7-3-1-4-8-11)12-9-5-2-6-10-12;;;/h4-7,9-14,16-17,23,26H,2-3,8H2,1H3;1-10H;2*1H;/q;;;;+2/p-2. The Bertz CT molecular complexity index is 1830. The van der Waals surface area contributed by atoms with Gasteiger partial charge in [-0.3, -0.25) is 0 Å². The number of unbranched alkanes of at least 4 members (excludes halogenated alkanes) is 1. The van der Waals surface area contributed by atoms with Crippen molar-refractivity contribution in [1.82, 2.24) is 0 Å². The molecule has 0 aromatic heterocycles. The van der Waals surface area contributed by atoms with Gasteiger partial charge in [0.05, 0.1) is 0 Å². The van der Waals surface area contributed by atoms with Crippen LogP contribution in [0.3, 0.4) is 0 Å². The Hall–Kier alpha value is -2.26. The third kappa shape index (κ3) is 6.44. The summed E-state index contributed by atoms with van der Waals surface area (Å²) in [5, 5.41) is 6.96. The zero-order valence-electron chi connectivity index (χ0n) is 24.2. The summed E-state index contributed by atoms with van der Waals surface area (Å²) in [6.07, 6.45) is 8.92. The van der Waals surface area contributed by atoms with Crippen LogP contribution in [0.1, 0.15) is 60.3 Å². The molecule has 0 fully saturated rings. The van der Waals surface area contributed by atoms with Gasteiger partial charge in [-0.1, -0.05) is 0 Å². The van der Waals surface area contributed by atoms with Crippen molar-refractivity contribution < 1.29 is 46.7 Å². The molecule has 0 amide bonds. The van der Waals surface area contributed by atoms with Crippen molar-refractivity contribution in [2.45, 2.75) is 38.0 Å². The molecular formula is C38H33Cl2Si2Zr. The number of hydrogen-bond acceptors (Lipinski definition) is 0.